The predicted molar refractivity (Wildman–Crippen MR) is 62.0 cm³/mol. The zero-order chi connectivity index (χ0) is 10.1. The van der Waals surface area contributed by atoms with Gasteiger partial charge in [0.2, 0.25) is 0 Å². The SMILES string of the molecule is CC1C=CC2=C(C=C1)CC(C(C)C)C2. The van der Waals surface area contributed by atoms with Crippen LogP contribution in [-0.4, -0.2) is 0 Å². The molecule has 0 amide bonds. The molecular formula is C14H20. The number of rotatable bonds is 1. The highest BCUT2D eigenvalue weighted by Crippen LogP contribution is 2.38. The molecule has 14 heavy (non-hydrogen) atoms. The largest absolute Gasteiger partial charge is 0.0776 e. The standard InChI is InChI=1S/C14H20/c1-10(2)14-8-12-6-4-11(3)5-7-13(12)9-14/h4-7,10-11,14H,8-9H2,1-3H3. The highest BCUT2D eigenvalue weighted by Gasteiger charge is 2.24. The average Bonchev–Trinajstić information content (AvgIpc) is 2.48. The van der Waals surface area contributed by atoms with E-state index < -0.39 is 0 Å². The van der Waals surface area contributed by atoms with E-state index in [2.05, 4.69) is 45.1 Å². The number of hydrogen-bond donors (Lipinski definition) is 0. The van der Waals surface area contributed by atoms with Gasteiger partial charge in [0, 0.05) is 0 Å². The van der Waals surface area contributed by atoms with Gasteiger partial charge >= 0.3 is 0 Å². The summed E-state index contributed by atoms with van der Waals surface area (Å²) in [7, 11) is 0. The molecule has 0 heteroatoms. The Morgan fingerprint density at radius 1 is 1.07 bits per heavy atom. The second-order valence-electron chi connectivity index (χ2n) is 5.04. The maximum absolute atomic E-state index is 2.35. The highest BCUT2D eigenvalue weighted by molar-refractivity contribution is 5.40. The van der Waals surface area contributed by atoms with Gasteiger partial charge in [-0.1, -0.05) is 45.1 Å². The van der Waals surface area contributed by atoms with E-state index in [-0.39, 0.29) is 0 Å². The van der Waals surface area contributed by atoms with E-state index in [0.29, 0.717) is 5.92 Å². The molecule has 0 saturated heterocycles. The lowest BCUT2D eigenvalue weighted by Crippen LogP contribution is -2.04. The summed E-state index contributed by atoms with van der Waals surface area (Å²) < 4.78 is 0. The molecule has 0 spiro atoms. The molecule has 0 fully saturated rings. The summed E-state index contributed by atoms with van der Waals surface area (Å²) in [6, 6.07) is 0. The molecule has 0 aromatic heterocycles. The smallest absolute Gasteiger partial charge is 0.00754 e. The molecular weight excluding hydrogens is 168 g/mol. The van der Waals surface area contributed by atoms with E-state index in [1.807, 2.05) is 0 Å². The Bertz CT molecular complexity index is 276. The van der Waals surface area contributed by atoms with Crippen molar-refractivity contribution in [2.75, 3.05) is 0 Å². The Balaban J connectivity index is 2.15. The van der Waals surface area contributed by atoms with Crippen LogP contribution in [0.25, 0.3) is 0 Å². The van der Waals surface area contributed by atoms with Gasteiger partial charge in [-0.25, -0.2) is 0 Å². The van der Waals surface area contributed by atoms with Gasteiger partial charge in [0.15, 0.2) is 0 Å². The fourth-order valence-electron chi connectivity index (χ4n) is 2.32. The third kappa shape index (κ3) is 1.84. The maximum atomic E-state index is 2.35. The fraction of sp³-hybridized carbons (Fsp3) is 0.571. The van der Waals surface area contributed by atoms with E-state index in [1.54, 1.807) is 11.1 Å². The molecule has 0 bridgehead atoms. The van der Waals surface area contributed by atoms with Gasteiger partial charge in [-0.15, -0.1) is 0 Å². The Labute approximate surface area is 87.4 Å². The summed E-state index contributed by atoms with van der Waals surface area (Å²) in [6.45, 7) is 6.93. The second kappa shape index (κ2) is 3.76. The third-order valence-corrected chi connectivity index (χ3v) is 3.52. The van der Waals surface area contributed by atoms with Crippen LogP contribution in [0.5, 0.6) is 0 Å². The first kappa shape index (κ1) is 9.76. The zero-order valence-electron chi connectivity index (χ0n) is 9.46. The molecule has 0 aromatic rings. The van der Waals surface area contributed by atoms with Gasteiger partial charge in [0.1, 0.15) is 0 Å². The molecule has 2 aliphatic carbocycles. The minimum atomic E-state index is 0.609. The maximum Gasteiger partial charge on any atom is -0.00754 e. The van der Waals surface area contributed by atoms with Crippen molar-refractivity contribution in [3.05, 3.63) is 35.5 Å². The molecule has 0 unspecified atom stereocenters. The minimum absolute atomic E-state index is 0.609. The molecule has 0 atom stereocenters. The first-order valence-electron chi connectivity index (χ1n) is 5.75. The van der Waals surface area contributed by atoms with Crippen LogP contribution >= 0.6 is 0 Å². The van der Waals surface area contributed by atoms with E-state index in [9.17, 15) is 0 Å². The van der Waals surface area contributed by atoms with Crippen LogP contribution in [0.2, 0.25) is 0 Å². The van der Waals surface area contributed by atoms with Crippen LogP contribution in [0, 0.1) is 17.8 Å². The summed E-state index contributed by atoms with van der Waals surface area (Å²) in [5.74, 6) is 2.31. The van der Waals surface area contributed by atoms with Gasteiger partial charge < -0.3 is 0 Å². The van der Waals surface area contributed by atoms with Crippen LogP contribution in [0.3, 0.4) is 0 Å². The van der Waals surface area contributed by atoms with Crippen molar-refractivity contribution < 1.29 is 0 Å². The Morgan fingerprint density at radius 2 is 1.57 bits per heavy atom. The minimum Gasteiger partial charge on any atom is -0.0776 e. The molecule has 76 valence electrons. The Hall–Kier alpha value is -0.780. The number of allylic oxidation sites excluding steroid dienone is 6. The summed E-state index contributed by atoms with van der Waals surface area (Å²) >= 11 is 0. The topological polar surface area (TPSA) is 0 Å². The lowest BCUT2D eigenvalue weighted by molar-refractivity contribution is 0.403. The Kier molecular flexibility index (Phi) is 2.62. The monoisotopic (exact) mass is 188 g/mol. The van der Waals surface area contributed by atoms with E-state index in [0.717, 1.165) is 11.8 Å². The lowest BCUT2D eigenvalue weighted by Gasteiger charge is -2.14. The van der Waals surface area contributed by atoms with E-state index in [4.69, 9.17) is 0 Å². The van der Waals surface area contributed by atoms with Crippen LogP contribution in [0.1, 0.15) is 33.6 Å². The predicted octanol–water partition coefficient (Wildman–Crippen LogP) is 4.11. The van der Waals surface area contributed by atoms with Crippen molar-refractivity contribution in [1.29, 1.82) is 0 Å². The van der Waals surface area contributed by atoms with Gasteiger partial charge in [-0.05, 0) is 41.7 Å². The quantitative estimate of drug-likeness (QED) is 0.581. The fourth-order valence-corrected chi connectivity index (χ4v) is 2.32. The van der Waals surface area contributed by atoms with E-state index >= 15 is 0 Å². The third-order valence-electron chi connectivity index (χ3n) is 3.52. The van der Waals surface area contributed by atoms with Gasteiger partial charge in [0.05, 0.1) is 0 Å². The van der Waals surface area contributed by atoms with Gasteiger partial charge in [0.25, 0.3) is 0 Å². The summed E-state index contributed by atoms with van der Waals surface area (Å²) in [6.07, 6.45) is 11.9. The van der Waals surface area contributed by atoms with E-state index in [1.165, 1.54) is 12.8 Å². The average molecular weight is 188 g/mol. The van der Waals surface area contributed by atoms with Crippen LogP contribution in [0.4, 0.5) is 0 Å². The molecule has 2 rings (SSSR count). The first-order valence-corrected chi connectivity index (χ1v) is 5.75. The first-order chi connectivity index (χ1) is 6.66. The van der Waals surface area contributed by atoms with Gasteiger partial charge in [-0.3, -0.25) is 0 Å². The van der Waals surface area contributed by atoms with Crippen molar-refractivity contribution >= 4 is 0 Å². The van der Waals surface area contributed by atoms with Crippen molar-refractivity contribution in [1.82, 2.24) is 0 Å². The summed E-state index contributed by atoms with van der Waals surface area (Å²) in [4.78, 5) is 0. The van der Waals surface area contributed by atoms with Crippen molar-refractivity contribution in [2.24, 2.45) is 17.8 Å². The Morgan fingerprint density at radius 3 is 2.00 bits per heavy atom. The summed E-state index contributed by atoms with van der Waals surface area (Å²) in [5.41, 5.74) is 3.17. The molecule has 0 heterocycles. The normalized spacial score (nSPS) is 23.4. The van der Waals surface area contributed by atoms with Gasteiger partial charge in [-0.2, -0.15) is 0 Å². The molecule has 0 nitrogen and oxygen atoms in total. The zero-order valence-corrected chi connectivity index (χ0v) is 9.46. The number of hydrogen-bond acceptors (Lipinski definition) is 0. The van der Waals surface area contributed by atoms with Crippen molar-refractivity contribution in [3.63, 3.8) is 0 Å². The molecule has 2 aliphatic rings. The summed E-state index contributed by atoms with van der Waals surface area (Å²) in [5, 5.41) is 0. The van der Waals surface area contributed by atoms with Crippen molar-refractivity contribution in [2.45, 2.75) is 33.6 Å². The molecule has 0 aliphatic heterocycles. The molecule has 0 radical (unpaired) electrons. The van der Waals surface area contributed by atoms with Crippen LogP contribution in [0.15, 0.2) is 35.5 Å². The molecule has 0 N–H and O–H groups in total. The van der Waals surface area contributed by atoms with Crippen molar-refractivity contribution in [3.8, 4) is 0 Å². The van der Waals surface area contributed by atoms with Crippen LogP contribution in [-0.2, 0) is 0 Å². The second-order valence-corrected chi connectivity index (χ2v) is 5.04. The highest BCUT2D eigenvalue weighted by atomic mass is 14.3. The molecule has 0 saturated carbocycles. The molecule has 0 aromatic carbocycles. The lowest BCUT2D eigenvalue weighted by atomic mass is 9.91. The van der Waals surface area contributed by atoms with Crippen LogP contribution < -0.4 is 0 Å².